The summed E-state index contributed by atoms with van der Waals surface area (Å²) in [5.41, 5.74) is 1.94. The minimum atomic E-state index is -0.442. The molecular weight excluding hydrogens is 392 g/mol. The fraction of sp³-hybridized carbons (Fsp3) is 0.680. The molecule has 5 fully saturated rings. The quantitative estimate of drug-likeness (QED) is 0.679. The molecule has 31 heavy (non-hydrogen) atoms. The van der Waals surface area contributed by atoms with Crippen LogP contribution in [0.5, 0.6) is 0 Å². The third kappa shape index (κ3) is 4.96. The summed E-state index contributed by atoms with van der Waals surface area (Å²) < 4.78 is 10.6. The van der Waals surface area contributed by atoms with Gasteiger partial charge in [0, 0.05) is 26.2 Å². The zero-order chi connectivity index (χ0) is 21.3. The van der Waals surface area contributed by atoms with E-state index in [1.807, 2.05) is 12.1 Å². The Kier molecular flexibility index (Phi) is 6.02. The number of morpholine rings is 1. The Balaban J connectivity index is 1.06. The predicted molar refractivity (Wildman–Crippen MR) is 116 cm³/mol. The molecule has 5 aliphatic rings. The maximum atomic E-state index is 12.3. The average Bonchev–Trinajstić information content (AvgIpc) is 2.76. The van der Waals surface area contributed by atoms with Crippen LogP contribution in [-0.4, -0.2) is 56.2 Å². The number of ether oxygens (including phenoxy) is 2. The Morgan fingerprint density at radius 2 is 1.61 bits per heavy atom. The third-order valence-electron chi connectivity index (χ3n) is 7.86. The summed E-state index contributed by atoms with van der Waals surface area (Å²) in [5.74, 6) is 1.97. The molecule has 6 heteroatoms. The van der Waals surface area contributed by atoms with Crippen molar-refractivity contribution in [2.75, 3.05) is 39.5 Å². The Bertz CT molecular complexity index is 765. The van der Waals surface area contributed by atoms with Crippen LogP contribution in [0, 0.1) is 23.2 Å². The lowest BCUT2D eigenvalue weighted by atomic mass is 9.49. The van der Waals surface area contributed by atoms with Gasteiger partial charge in [-0.3, -0.25) is 9.69 Å². The lowest BCUT2D eigenvalue weighted by Crippen LogP contribution is -2.51. The van der Waals surface area contributed by atoms with E-state index in [0.29, 0.717) is 11.0 Å². The van der Waals surface area contributed by atoms with E-state index in [-0.39, 0.29) is 12.5 Å². The number of benzene rings is 1. The highest BCUT2D eigenvalue weighted by Gasteiger charge is 2.50. The Morgan fingerprint density at radius 3 is 2.23 bits per heavy atom. The number of rotatable bonds is 7. The van der Waals surface area contributed by atoms with Crippen molar-refractivity contribution in [3.63, 3.8) is 0 Å². The fourth-order valence-corrected chi connectivity index (χ4v) is 6.82. The molecule has 4 saturated carbocycles. The molecule has 1 N–H and O–H groups in total. The number of amides is 1. The van der Waals surface area contributed by atoms with Gasteiger partial charge in [-0.2, -0.15) is 0 Å². The molecule has 1 amide bonds. The van der Waals surface area contributed by atoms with Gasteiger partial charge in [-0.25, -0.2) is 4.79 Å². The van der Waals surface area contributed by atoms with E-state index in [1.165, 1.54) is 38.5 Å². The minimum Gasteiger partial charge on any atom is -0.452 e. The lowest BCUT2D eigenvalue weighted by molar-refractivity contribution is -0.126. The highest BCUT2D eigenvalue weighted by molar-refractivity contribution is 5.91. The average molecular weight is 427 g/mol. The predicted octanol–water partition coefficient (Wildman–Crippen LogP) is 3.01. The Labute approximate surface area is 184 Å². The van der Waals surface area contributed by atoms with Gasteiger partial charge in [0.15, 0.2) is 6.61 Å². The highest BCUT2D eigenvalue weighted by atomic mass is 16.5. The van der Waals surface area contributed by atoms with E-state index >= 15 is 0 Å². The molecule has 1 saturated heterocycles. The van der Waals surface area contributed by atoms with E-state index < -0.39 is 5.97 Å². The van der Waals surface area contributed by atoms with Crippen LogP contribution in [0.2, 0.25) is 0 Å². The van der Waals surface area contributed by atoms with Gasteiger partial charge in [0.2, 0.25) is 0 Å². The van der Waals surface area contributed by atoms with Crippen LogP contribution in [0.4, 0.5) is 0 Å². The molecule has 1 aromatic rings. The van der Waals surface area contributed by atoms with Gasteiger partial charge >= 0.3 is 5.97 Å². The van der Waals surface area contributed by atoms with Crippen LogP contribution in [0.25, 0.3) is 0 Å². The van der Waals surface area contributed by atoms with Crippen LogP contribution in [0.1, 0.15) is 54.4 Å². The molecule has 0 radical (unpaired) electrons. The Morgan fingerprint density at radius 1 is 1.00 bits per heavy atom. The molecule has 0 spiro atoms. The highest BCUT2D eigenvalue weighted by Crippen LogP contribution is 2.59. The van der Waals surface area contributed by atoms with Gasteiger partial charge in [-0.1, -0.05) is 12.1 Å². The number of nitrogens with zero attached hydrogens (tertiary/aromatic N) is 1. The molecule has 0 unspecified atom stereocenters. The van der Waals surface area contributed by atoms with Crippen LogP contribution in [-0.2, 0) is 20.8 Å². The molecule has 6 nitrogen and oxygen atoms in total. The first-order chi connectivity index (χ1) is 15.1. The molecule has 168 valence electrons. The second kappa shape index (κ2) is 8.91. The first-order valence-corrected chi connectivity index (χ1v) is 11.9. The monoisotopic (exact) mass is 426 g/mol. The van der Waals surface area contributed by atoms with Crippen LogP contribution in [0.15, 0.2) is 24.3 Å². The number of hydrogen-bond donors (Lipinski definition) is 1. The number of esters is 1. The smallest absolute Gasteiger partial charge is 0.338 e. The zero-order valence-electron chi connectivity index (χ0n) is 18.3. The minimum absolute atomic E-state index is 0.187. The number of carbonyl (C=O) groups is 2. The SMILES string of the molecule is O=C(COC(=O)c1ccc(CN2CCOCC2)cc1)NCC12CC3CC(CC(C3)C1)C2. The van der Waals surface area contributed by atoms with Gasteiger partial charge in [0.05, 0.1) is 18.8 Å². The van der Waals surface area contributed by atoms with Crippen molar-refractivity contribution in [1.82, 2.24) is 10.2 Å². The van der Waals surface area contributed by atoms with E-state index in [2.05, 4.69) is 10.2 Å². The van der Waals surface area contributed by atoms with Crippen molar-refractivity contribution < 1.29 is 19.1 Å². The normalized spacial score (nSPS) is 32.1. The largest absolute Gasteiger partial charge is 0.452 e. The van der Waals surface area contributed by atoms with Crippen molar-refractivity contribution in [2.24, 2.45) is 23.2 Å². The van der Waals surface area contributed by atoms with Crippen molar-refractivity contribution in [3.8, 4) is 0 Å². The summed E-state index contributed by atoms with van der Waals surface area (Å²) in [6.07, 6.45) is 7.98. The van der Waals surface area contributed by atoms with E-state index in [4.69, 9.17) is 9.47 Å². The summed E-state index contributed by atoms with van der Waals surface area (Å²) in [6, 6.07) is 7.48. The second-order valence-electron chi connectivity index (χ2n) is 10.4. The summed E-state index contributed by atoms with van der Waals surface area (Å²) >= 11 is 0. The molecule has 1 aliphatic heterocycles. The first-order valence-electron chi connectivity index (χ1n) is 11.9. The standard InChI is InChI=1S/C25H34N2O4/c28-23(26-17-25-12-19-9-20(13-25)11-21(10-19)14-25)16-31-24(29)22-3-1-18(2-4-22)15-27-5-7-30-8-6-27/h1-4,19-21H,5-17H2,(H,26,28). The van der Waals surface area contributed by atoms with E-state index in [0.717, 1.165) is 62.7 Å². The maximum absolute atomic E-state index is 12.3. The first kappa shape index (κ1) is 21.0. The fourth-order valence-electron chi connectivity index (χ4n) is 6.82. The molecule has 4 bridgehead atoms. The summed E-state index contributed by atoms with van der Waals surface area (Å²) in [5, 5.41) is 3.07. The van der Waals surface area contributed by atoms with Gasteiger partial charge in [0.1, 0.15) is 0 Å². The number of hydrogen-bond acceptors (Lipinski definition) is 5. The summed E-state index contributed by atoms with van der Waals surface area (Å²) in [6.45, 7) is 4.80. The Hall–Kier alpha value is -1.92. The van der Waals surface area contributed by atoms with Crippen LogP contribution < -0.4 is 5.32 Å². The number of carbonyl (C=O) groups excluding carboxylic acids is 2. The van der Waals surface area contributed by atoms with Crippen LogP contribution >= 0.6 is 0 Å². The molecule has 0 aromatic heterocycles. The summed E-state index contributed by atoms with van der Waals surface area (Å²) in [7, 11) is 0. The van der Waals surface area contributed by atoms with Crippen molar-refractivity contribution in [1.29, 1.82) is 0 Å². The van der Waals surface area contributed by atoms with Crippen LogP contribution in [0.3, 0.4) is 0 Å². The molecule has 1 heterocycles. The topological polar surface area (TPSA) is 67.9 Å². The van der Waals surface area contributed by atoms with Crippen molar-refractivity contribution in [3.05, 3.63) is 35.4 Å². The molecule has 4 aliphatic carbocycles. The van der Waals surface area contributed by atoms with Gasteiger partial charge in [0.25, 0.3) is 5.91 Å². The third-order valence-corrected chi connectivity index (χ3v) is 7.86. The van der Waals surface area contributed by atoms with Gasteiger partial charge in [-0.05, 0) is 79.4 Å². The summed E-state index contributed by atoms with van der Waals surface area (Å²) in [4.78, 5) is 27.0. The van der Waals surface area contributed by atoms with Gasteiger partial charge in [-0.15, -0.1) is 0 Å². The van der Waals surface area contributed by atoms with Crippen molar-refractivity contribution in [2.45, 2.75) is 45.1 Å². The zero-order valence-corrected chi connectivity index (χ0v) is 18.3. The lowest BCUT2D eigenvalue weighted by Gasteiger charge is -2.56. The molecule has 0 atom stereocenters. The molecule has 1 aromatic carbocycles. The number of nitrogens with one attached hydrogen (secondary N) is 1. The molecular formula is C25H34N2O4. The molecule has 6 rings (SSSR count). The van der Waals surface area contributed by atoms with E-state index in [1.54, 1.807) is 12.1 Å². The van der Waals surface area contributed by atoms with E-state index in [9.17, 15) is 9.59 Å². The van der Waals surface area contributed by atoms with Gasteiger partial charge < -0.3 is 14.8 Å². The van der Waals surface area contributed by atoms with Crippen molar-refractivity contribution >= 4 is 11.9 Å². The maximum Gasteiger partial charge on any atom is 0.338 e. The second-order valence-corrected chi connectivity index (χ2v) is 10.4.